The standard InChI is InChI=1S/C28H29F4N3O6S/c29-25(27(37)38)41-24-14-11-19(16-22(24)33)17-23(35-42(39,40)21-7-2-1-3-8-21)26(36)34-15-5-4-6-18-9-12-20(13-10-18)28(30,31)32/h1-3,7-14,16,23,25,35H,4-6,15,17,33H2,(H,34,36)(H,37,38)/t23-,25?/m0/s1. The van der Waals surface area contributed by atoms with Gasteiger partial charge in [0.05, 0.1) is 16.1 Å². The number of carbonyl (C=O) groups excluding carboxylic acids is 1. The zero-order valence-electron chi connectivity index (χ0n) is 22.1. The Hall–Kier alpha value is -4.17. The molecular formula is C28H29F4N3O6S. The molecule has 3 aromatic rings. The monoisotopic (exact) mass is 611 g/mol. The summed E-state index contributed by atoms with van der Waals surface area (Å²) in [6, 6.07) is 14.8. The van der Waals surface area contributed by atoms with Crippen LogP contribution in [0.5, 0.6) is 5.75 Å². The number of amides is 1. The van der Waals surface area contributed by atoms with Gasteiger partial charge in [0, 0.05) is 6.54 Å². The Morgan fingerprint density at radius 2 is 1.60 bits per heavy atom. The second-order valence-electron chi connectivity index (χ2n) is 9.28. The quantitative estimate of drug-likeness (QED) is 0.122. The lowest BCUT2D eigenvalue weighted by molar-refractivity contribution is -0.153. The van der Waals surface area contributed by atoms with Crippen molar-refractivity contribution in [1.82, 2.24) is 10.0 Å². The van der Waals surface area contributed by atoms with E-state index in [-0.39, 0.29) is 29.3 Å². The Morgan fingerprint density at radius 3 is 2.19 bits per heavy atom. The van der Waals surface area contributed by atoms with Crippen molar-refractivity contribution in [1.29, 1.82) is 0 Å². The maximum Gasteiger partial charge on any atom is 0.416 e. The van der Waals surface area contributed by atoms with Gasteiger partial charge in [0.15, 0.2) is 0 Å². The molecule has 5 N–H and O–H groups in total. The average molecular weight is 612 g/mol. The predicted octanol–water partition coefficient (Wildman–Crippen LogP) is 4.08. The molecule has 1 unspecified atom stereocenters. The number of unbranched alkanes of at least 4 members (excludes halogenated alkanes) is 1. The van der Waals surface area contributed by atoms with Crippen molar-refractivity contribution >= 4 is 27.6 Å². The van der Waals surface area contributed by atoms with Gasteiger partial charge in [-0.2, -0.15) is 22.3 Å². The van der Waals surface area contributed by atoms with Gasteiger partial charge < -0.3 is 20.9 Å². The highest BCUT2D eigenvalue weighted by atomic mass is 32.2. The normalized spacial score (nSPS) is 13.2. The second kappa shape index (κ2) is 14.1. The summed E-state index contributed by atoms with van der Waals surface area (Å²) in [6.07, 6.45) is -5.72. The van der Waals surface area contributed by atoms with Gasteiger partial charge in [-0.3, -0.25) is 4.79 Å². The van der Waals surface area contributed by atoms with E-state index in [9.17, 15) is 35.6 Å². The number of nitrogens with one attached hydrogen (secondary N) is 2. The number of hydrogen-bond donors (Lipinski definition) is 4. The van der Waals surface area contributed by atoms with Crippen LogP contribution in [0, 0.1) is 0 Å². The molecule has 0 spiro atoms. The zero-order chi connectivity index (χ0) is 30.9. The molecule has 0 bridgehead atoms. The minimum absolute atomic E-state index is 0.0646. The molecule has 0 heterocycles. The van der Waals surface area contributed by atoms with Gasteiger partial charge in [-0.1, -0.05) is 36.4 Å². The fourth-order valence-electron chi connectivity index (χ4n) is 3.92. The van der Waals surface area contributed by atoms with Crippen LogP contribution in [0.4, 0.5) is 23.2 Å². The van der Waals surface area contributed by atoms with Crippen LogP contribution in [0.2, 0.25) is 0 Å². The van der Waals surface area contributed by atoms with Crippen LogP contribution in [0.1, 0.15) is 29.5 Å². The molecule has 0 aliphatic carbocycles. The van der Waals surface area contributed by atoms with E-state index >= 15 is 0 Å². The molecule has 0 aliphatic heterocycles. The minimum atomic E-state index is -4.42. The third kappa shape index (κ3) is 9.45. The van der Waals surface area contributed by atoms with Crippen molar-refractivity contribution in [3.05, 3.63) is 89.5 Å². The van der Waals surface area contributed by atoms with E-state index in [1.807, 2.05) is 0 Å². The highest BCUT2D eigenvalue weighted by Crippen LogP contribution is 2.29. The van der Waals surface area contributed by atoms with Gasteiger partial charge in [0.25, 0.3) is 0 Å². The summed E-state index contributed by atoms with van der Waals surface area (Å²) in [7, 11) is -4.12. The van der Waals surface area contributed by atoms with Crippen LogP contribution in [-0.4, -0.2) is 44.3 Å². The van der Waals surface area contributed by atoms with Crippen LogP contribution < -0.4 is 20.5 Å². The third-order valence-electron chi connectivity index (χ3n) is 6.08. The molecule has 0 fully saturated rings. The maximum atomic E-state index is 13.4. The summed E-state index contributed by atoms with van der Waals surface area (Å²) in [6.45, 7) is 0.172. The fourth-order valence-corrected chi connectivity index (χ4v) is 5.14. The number of aryl methyl sites for hydroxylation is 1. The van der Waals surface area contributed by atoms with E-state index in [4.69, 9.17) is 10.8 Å². The number of carboxylic acid groups (broad SMARTS) is 1. The smallest absolute Gasteiger partial charge is 0.416 e. The van der Waals surface area contributed by atoms with Gasteiger partial charge >= 0.3 is 18.5 Å². The maximum absolute atomic E-state index is 13.4. The van der Waals surface area contributed by atoms with Gasteiger partial charge in [-0.15, -0.1) is 0 Å². The Labute approximate surface area is 239 Å². The molecule has 0 saturated heterocycles. The van der Waals surface area contributed by atoms with Crippen LogP contribution >= 0.6 is 0 Å². The highest BCUT2D eigenvalue weighted by Gasteiger charge is 2.30. The predicted molar refractivity (Wildman–Crippen MR) is 146 cm³/mol. The van der Waals surface area contributed by atoms with E-state index in [1.54, 1.807) is 6.07 Å². The number of hydrogen-bond acceptors (Lipinski definition) is 6. The molecule has 0 aromatic heterocycles. The van der Waals surface area contributed by atoms with Crippen molar-refractivity contribution in [2.24, 2.45) is 0 Å². The number of sulfonamides is 1. The first-order valence-corrected chi connectivity index (χ1v) is 14.2. The average Bonchev–Trinajstić information content (AvgIpc) is 2.94. The number of nitrogen functional groups attached to an aromatic ring is 1. The molecule has 3 rings (SSSR count). The van der Waals surface area contributed by atoms with Gasteiger partial charge in [-0.25, -0.2) is 13.2 Å². The number of rotatable bonds is 14. The SMILES string of the molecule is Nc1cc(C[C@H](NS(=O)(=O)c2ccccc2)C(=O)NCCCCc2ccc(C(F)(F)F)cc2)ccc1OC(F)C(=O)O. The number of ether oxygens (including phenoxy) is 1. The molecular weight excluding hydrogens is 582 g/mol. The van der Waals surface area contributed by atoms with Crippen molar-refractivity contribution in [3.8, 4) is 5.75 Å². The van der Waals surface area contributed by atoms with Crippen molar-refractivity contribution in [3.63, 3.8) is 0 Å². The van der Waals surface area contributed by atoms with E-state index in [1.165, 1.54) is 54.6 Å². The molecule has 3 aromatic carbocycles. The third-order valence-corrected chi connectivity index (χ3v) is 7.57. The van der Waals surface area contributed by atoms with Gasteiger partial charge in [0.1, 0.15) is 11.8 Å². The minimum Gasteiger partial charge on any atom is -0.476 e. The topological polar surface area (TPSA) is 148 Å². The highest BCUT2D eigenvalue weighted by molar-refractivity contribution is 7.89. The summed E-state index contributed by atoms with van der Waals surface area (Å²) >= 11 is 0. The van der Waals surface area contributed by atoms with E-state index in [2.05, 4.69) is 14.8 Å². The van der Waals surface area contributed by atoms with Gasteiger partial charge in [-0.05, 0) is 73.2 Å². The summed E-state index contributed by atoms with van der Waals surface area (Å²) in [4.78, 5) is 23.7. The first-order valence-electron chi connectivity index (χ1n) is 12.7. The lowest BCUT2D eigenvalue weighted by Crippen LogP contribution is -2.48. The Morgan fingerprint density at radius 1 is 0.952 bits per heavy atom. The number of alkyl halides is 4. The number of aliphatic carboxylic acids is 1. The number of benzene rings is 3. The van der Waals surface area contributed by atoms with Crippen molar-refractivity contribution in [2.45, 2.75) is 49.2 Å². The van der Waals surface area contributed by atoms with Crippen LogP contribution in [-0.2, 0) is 38.6 Å². The number of carbonyl (C=O) groups is 2. The molecule has 1 amide bonds. The first kappa shape index (κ1) is 32.3. The largest absolute Gasteiger partial charge is 0.476 e. The second-order valence-corrected chi connectivity index (χ2v) is 11.0. The summed E-state index contributed by atoms with van der Waals surface area (Å²) in [5.74, 6) is -2.73. The number of anilines is 1. The van der Waals surface area contributed by atoms with Crippen molar-refractivity contribution < 1.29 is 45.4 Å². The fraction of sp³-hybridized carbons (Fsp3) is 0.286. The van der Waals surface area contributed by atoms with E-state index < -0.39 is 46.0 Å². The zero-order valence-corrected chi connectivity index (χ0v) is 22.9. The molecule has 226 valence electrons. The number of nitrogens with two attached hydrogens (primary N) is 1. The lowest BCUT2D eigenvalue weighted by Gasteiger charge is -2.19. The molecule has 9 nitrogen and oxygen atoms in total. The molecule has 42 heavy (non-hydrogen) atoms. The lowest BCUT2D eigenvalue weighted by atomic mass is 10.0. The Kier molecular flexibility index (Phi) is 10.9. The number of carboxylic acids is 1. The van der Waals surface area contributed by atoms with E-state index in [0.717, 1.165) is 12.1 Å². The Bertz CT molecular complexity index is 1470. The molecule has 0 saturated carbocycles. The van der Waals surface area contributed by atoms with Gasteiger partial charge in [0.2, 0.25) is 15.9 Å². The molecule has 2 atom stereocenters. The number of halogens is 4. The van der Waals surface area contributed by atoms with Crippen LogP contribution in [0.3, 0.4) is 0 Å². The molecule has 14 heteroatoms. The Balaban J connectivity index is 1.65. The summed E-state index contributed by atoms with van der Waals surface area (Å²) in [5.41, 5.74) is 6.08. The van der Waals surface area contributed by atoms with Crippen molar-refractivity contribution in [2.75, 3.05) is 12.3 Å². The molecule has 0 radical (unpaired) electrons. The first-order chi connectivity index (χ1) is 19.8. The summed E-state index contributed by atoms with van der Waals surface area (Å²) in [5, 5.41) is 11.4. The summed E-state index contributed by atoms with van der Waals surface area (Å²) < 4.78 is 84.6. The van der Waals surface area contributed by atoms with Crippen LogP contribution in [0.25, 0.3) is 0 Å². The van der Waals surface area contributed by atoms with E-state index in [0.29, 0.717) is 30.4 Å². The van der Waals surface area contributed by atoms with Crippen LogP contribution in [0.15, 0.2) is 77.7 Å². The molecule has 0 aliphatic rings.